The summed E-state index contributed by atoms with van der Waals surface area (Å²) >= 11 is 9.54. The molecule has 0 aromatic rings. The summed E-state index contributed by atoms with van der Waals surface area (Å²) in [5.74, 6) is 0. The van der Waals surface area contributed by atoms with E-state index in [1.54, 1.807) is 0 Å². The number of hydrogen-bond donors (Lipinski definition) is 1. The third kappa shape index (κ3) is 329. The summed E-state index contributed by atoms with van der Waals surface area (Å²) in [5.41, 5.74) is 4.50. The van der Waals surface area contributed by atoms with Crippen LogP contribution < -0.4 is 19.0 Å². The molecule has 0 heterocycles. The van der Waals surface area contributed by atoms with E-state index in [0.29, 0.717) is 13.3 Å². The Kier molecular flexibility index (Phi) is 781. The minimum atomic E-state index is 0. The second-order valence-corrected chi connectivity index (χ2v) is 16.3. The van der Waals surface area contributed by atoms with Gasteiger partial charge in [-0.2, -0.15) is 0 Å². The summed E-state index contributed by atoms with van der Waals surface area (Å²) in [6.45, 7) is 12.0. The van der Waals surface area contributed by atoms with Crippen molar-refractivity contribution in [3.63, 3.8) is 0 Å². The third-order valence-corrected chi connectivity index (χ3v) is 0. The predicted molar refractivity (Wildman–Crippen MR) is 114 cm³/mol. The van der Waals surface area contributed by atoms with E-state index in [1.807, 2.05) is 41.5 Å². The summed E-state index contributed by atoms with van der Waals surface area (Å²) < 4.78 is 0. The first-order chi connectivity index (χ1) is 6.41. The Morgan fingerprint density at radius 1 is 0.667 bits per heavy atom. The van der Waals surface area contributed by atoms with Crippen LogP contribution in [0.1, 0.15) is 56.4 Å². The van der Waals surface area contributed by atoms with Crippen LogP contribution in [0.15, 0.2) is 0 Å². The molecule has 0 bridgehead atoms. The fourth-order valence-electron chi connectivity index (χ4n) is 0. The number of halogens is 5. The number of rotatable bonds is 0. The SMILES string of the molecule is C.C.CC.CC.CC.CN.II.I[I-]I. The van der Waals surface area contributed by atoms with Gasteiger partial charge in [-0.15, -0.1) is 0 Å². The van der Waals surface area contributed by atoms with Crippen LogP contribution in [0.5, 0.6) is 0 Å². The van der Waals surface area contributed by atoms with Crippen molar-refractivity contribution in [3.8, 4) is 0 Å². The van der Waals surface area contributed by atoms with Gasteiger partial charge >= 0.3 is 50.5 Å². The maximum atomic E-state index is 4.50. The van der Waals surface area contributed by atoms with E-state index in [-0.39, 0.29) is 14.9 Å². The monoisotopic (exact) mass is 788 g/mol. The Balaban J connectivity index is -0.00000000643. The zero-order valence-corrected chi connectivity index (χ0v) is 20.3. The minimum absolute atomic E-state index is 0. The normalized spacial score (nSPS) is 3.47. The fourth-order valence-corrected chi connectivity index (χ4v) is 0. The Morgan fingerprint density at radius 3 is 0.667 bits per heavy atom. The Labute approximate surface area is 154 Å². The van der Waals surface area contributed by atoms with Gasteiger partial charge in [0.05, 0.1) is 0 Å². The summed E-state index contributed by atoms with van der Waals surface area (Å²) in [4.78, 5) is 0. The van der Waals surface area contributed by atoms with Crippen LogP contribution >= 0.6 is 74.5 Å². The molecule has 0 aliphatic carbocycles. The molecule has 0 atom stereocenters. The van der Waals surface area contributed by atoms with Crippen LogP contribution in [0, 0.1) is 0 Å². The molecule has 0 spiro atoms. The van der Waals surface area contributed by atoms with Crippen molar-refractivity contribution in [3.05, 3.63) is 0 Å². The first kappa shape index (κ1) is 51.3. The molecule has 0 aromatic carbocycles. The first-order valence-corrected chi connectivity index (χ1v) is 22.9. The molecule has 0 rings (SSSR count). The van der Waals surface area contributed by atoms with Gasteiger partial charge in [0.1, 0.15) is 0 Å². The average Bonchev–Trinajstić information content (AvgIpc) is 2.32. The fraction of sp³-hybridized carbons (Fsp3) is 1.00. The molecular weight excluding hydrogens is 757 g/mol. The van der Waals surface area contributed by atoms with Gasteiger partial charge in [-0.05, 0) is 7.05 Å². The van der Waals surface area contributed by atoms with E-state index in [2.05, 4.69) is 80.2 Å². The number of hydrogen-bond acceptors (Lipinski definition) is 1. The van der Waals surface area contributed by atoms with Gasteiger partial charge in [0.2, 0.25) is 0 Å². The second kappa shape index (κ2) is 229. The molecule has 108 valence electrons. The van der Waals surface area contributed by atoms with Crippen molar-refractivity contribution < 1.29 is 13.3 Å². The van der Waals surface area contributed by atoms with E-state index in [9.17, 15) is 0 Å². The van der Waals surface area contributed by atoms with E-state index < -0.39 is 0 Å². The van der Waals surface area contributed by atoms with E-state index >= 15 is 0 Å². The van der Waals surface area contributed by atoms with Gasteiger partial charge < -0.3 is 5.73 Å². The molecule has 0 fully saturated rings. The molecule has 0 amide bonds. The number of nitrogens with two attached hydrogens (primary N) is 1. The summed E-state index contributed by atoms with van der Waals surface area (Å²) in [6.07, 6.45) is 0. The zero-order chi connectivity index (χ0) is 12.7. The van der Waals surface area contributed by atoms with Crippen molar-refractivity contribution in [2.24, 2.45) is 5.73 Å². The van der Waals surface area contributed by atoms with E-state index in [1.165, 1.54) is 7.05 Å². The quantitative estimate of drug-likeness (QED) is 0.361. The standard InChI is InChI=1S/3C2H6.CH5N.2CH4.I3.I2/c4*1-2;;;1-3-2;1-2/h3*1-2H3;2H2,1H3;2*1H4;;/q;;;;;;-1;. The van der Waals surface area contributed by atoms with Gasteiger partial charge in [0.15, 0.2) is 0 Å². The molecule has 0 saturated heterocycles. The van der Waals surface area contributed by atoms with Gasteiger partial charge in [-0.1, -0.05) is 56.4 Å². The van der Waals surface area contributed by atoms with Crippen molar-refractivity contribution in [1.82, 2.24) is 0 Å². The Morgan fingerprint density at radius 2 is 0.667 bits per heavy atom. The van der Waals surface area contributed by atoms with E-state index in [4.69, 9.17) is 0 Å². The van der Waals surface area contributed by atoms with Gasteiger partial charge in [-0.25, -0.2) is 0 Å². The predicted octanol–water partition coefficient (Wildman–Crippen LogP) is 4.47. The molecule has 0 aromatic heterocycles. The first-order valence-electron chi connectivity index (χ1n) is 4.01. The van der Waals surface area contributed by atoms with Crippen molar-refractivity contribution in [1.29, 1.82) is 0 Å². The summed E-state index contributed by atoms with van der Waals surface area (Å²) in [5, 5.41) is 0. The third-order valence-electron chi connectivity index (χ3n) is 0. The van der Waals surface area contributed by atoms with Crippen molar-refractivity contribution >= 4 is 74.5 Å². The van der Waals surface area contributed by atoms with Crippen LogP contribution in [0.2, 0.25) is 0 Å². The van der Waals surface area contributed by atoms with Crippen LogP contribution in [0.25, 0.3) is 0 Å². The molecule has 0 radical (unpaired) electrons. The molecule has 1 nitrogen and oxygen atoms in total. The van der Waals surface area contributed by atoms with E-state index in [0.717, 1.165) is 0 Å². The maximum absolute atomic E-state index is 4.50. The van der Waals surface area contributed by atoms with Gasteiger partial charge in [0, 0.05) is 37.2 Å². The second-order valence-electron chi connectivity index (χ2n) is 0.0540. The molecule has 0 aliphatic heterocycles. The average molecular weight is 788 g/mol. The Bertz CT molecular complexity index is 18.5. The molecular formula is C9H31I5N-. The molecule has 0 aliphatic rings. The molecule has 0 unspecified atom stereocenters. The van der Waals surface area contributed by atoms with Crippen molar-refractivity contribution in [2.45, 2.75) is 56.4 Å². The van der Waals surface area contributed by atoms with Crippen molar-refractivity contribution in [2.75, 3.05) is 7.05 Å². The van der Waals surface area contributed by atoms with Gasteiger partial charge in [-0.3, -0.25) is 0 Å². The molecule has 15 heavy (non-hydrogen) atoms. The Hall–Kier alpha value is 3.61. The summed E-state index contributed by atoms with van der Waals surface area (Å²) in [7, 11) is 1.50. The molecule has 6 heteroatoms. The molecule has 0 saturated carbocycles. The van der Waals surface area contributed by atoms with Crippen LogP contribution in [-0.4, -0.2) is 7.05 Å². The topological polar surface area (TPSA) is 26.0 Å². The zero-order valence-electron chi connectivity index (χ0n) is 9.47. The summed E-state index contributed by atoms with van der Waals surface area (Å²) in [6, 6.07) is 0. The molecule has 2 N–H and O–H groups in total. The van der Waals surface area contributed by atoms with Crippen LogP contribution in [0.3, 0.4) is 0 Å². The van der Waals surface area contributed by atoms with Crippen LogP contribution in [0.4, 0.5) is 0 Å². The van der Waals surface area contributed by atoms with Crippen LogP contribution in [-0.2, 0) is 0 Å². The van der Waals surface area contributed by atoms with Gasteiger partial charge in [0.25, 0.3) is 0 Å².